The molecule has 0 spiro atoms. The molecule has 0 unspecified atom stereocenters. The minimum atomic E-state index is -0.630. The number of amides is 3. The van der Waals surface area contributed by atoms with Gasteiger partial charge in [0.2, 0.25) is 5.91 Å². The molecule has 0 bridgehead atoms. The third-order valence-electron chi connectivity index (χ3n) is 3.00. The van der Waals surface area contributed by atoms with Gasteiger partial charge in [-0.3, -0.25) is 14.4 Å². The third kappa shape index (κ3) is 4.86. The molecular weight excluding hydrogens is 248 g/mol. The Kier molecular flexibility index (Phi) is 6.27. The molecular formula is C12H22N4O3. The van der Waals surface area contributed by atoms with E-state index in [9.17, 15) is 14.4 Å². The zero-order chi connectivity index (χ0) is 14.3. The molecule has 1 heterocycles. The van der Waals surface area contributed by atoms with Crippen LogP contribution in [0.3, 0.4) is 0 Å². The Morgan fingerprint density at radius 2 is 1.89 bits per heavy atom. The average Bonchev–Trinajstić information content (AvgIpc) is 2.42. The summed E-state index contributed by atoms with van der Waals surface area (Å²) in [7, 11) is 0. The fraction of sp³-hybridized carbons (Fsp3) is 0.750. The summed E-state index contributed by atoms with van der Waals surface area (Å²) >= 11 is 0. The fourth-order valence-corrected chi connectivity index (χ4v) is 1.93. The van der Waals surface area contributed by atoms with Crippen molar-refractivity contribution >= 4 is 17.7 Å². The molecule has 1 aliphatic heterocycles. The summed E-state index contributed by atoms with van der Waals surface area (Å²) in [5, 5.41) is 3.11. The van der Waals surface area contributed by atoms with Gasteiger partial charge < -0.3 is 20.9 Å². The maximum atomic E-state index is 12.1. The van der Waals surface area contributed by atoms with Gasteiger partial charge in [0.05, 0.1) is 6.54 Å². The number of nitrogens with two attached hydrogens (primary N) is 1. The highest BCUT2D eigenvalue weighted by atomic mass is 16.2. The van der Waals surface area contributed by atoms with Gasteiger partial charge in [0, 0.05) is 32.7 Å². The van der Waals surface area contributed by atoms with Crippen molar-refractivity contribution in [3.8, 4) is 0 Å². The summed E-state index contributed by atoms with van der Waals surface area (Å²) in [5.41, 5.74) is 5.11. The molecule has 0 saturated carbocycles. The van der Waals surface area contributed by atoms with E-state index in [1.54, 1.807) is 0 Å². The average molecular weight is 270 g/mol. The van der Waals surface area contributed by atoms with Crippen LogP contribution in [0.25, 0.3) is 0 Å². The number of primary amides is 1. The maximum Gasteiger partial charge on any atom is 0.312 e. The number of rotatable bonds is 5. The van der Waals surface area contributed by atoms with Crippen molar-refractivity contribution in [2.24, 2.45) is 5.73 Å². The quantitative estimate of drug-likeness (QED) is 0.596. The van der Waals surface area contributed by atoms with Crippen LogP contribution in [0.15, 0.2) is 0 Å². The Morgan fingerprint density at radius 1 is 1.26 bits per heavy atom. The predicted molar refractivity (Wildman–Crippen MR) is 70.1 cm³/mol. The van der Waals surface area contributed by atoms with E-state index in [0.29, 0.717) is 32.7 Å². The molecule has 7 nitrogen and oxygen atoms in total. The molecule has 19 heavy (non-hydrogen) atoms. The molecule has 7 heteroatoms. The first-order chi connectivity index (χ1) is 9.06. The Hall–Kier alpha value is -1.63. The van der Waals surface area contributed by atoms with E-state index in [-0.39, 0.29) is 6.54 Å². The minimum Gasteiger partial charge on any atom is -0.368 e. The van der Waals surface area contributed by atoms with E-state index >= 15 is 0 Å². The highest BCUT2D eigenvalue weighted by Gasteiger charge is 2.28. The van der Waals surface area contributed by atoms with Gasteiger partial charge in [0.25, 0.3) is 0 Å². The number of hydrogen-bond acceptors (Lipinski definition) is 4. The number of nitrogens with zero attached hydrogens (tertiary/aromatic N) is 2. The van der Waals surface area contributed by atoms with Crippen LogP contribution in [0.2, 0.25) is 0 Å². The summed E-state index contributed by atoms with van der Waals surface area (Å²) in [6.07, 6.45) is 1.62. The number of unbranched alkanes of at least 4 members (excludes halogenated alkanes) is 1. The smallest absolute Gasteiger partial charge is 0.312 e. The molecule has 1 rings (SSSR count). The van der Waals surface area contributed by atoms with Gasteiger partial charge in [-0.25, -0.2) is 0 Å². The normalized spacial score (nSPS) is 15.1. The largest absolute Gasteiger partial charge is 0.368 e. The summed E-state index contributed by atoms with van der Waals surface area (Å²) < 4.78 is 0. The van der Waals surface area contributed by atoms with Crippen LogP contribution in [0.4, 0.5) is 0 Å². The van der Waals surface area contributed by atoms with Gasteiger partial charge in [-0.15, -0.1) is 0 Å². The molecule has 108 valence electrons. The van der Waals surface area contributed by atoms with Crippen LogP contribution in [-0.2, 0) is 14.4 Å². The lowest BCUT2D eigenvalue weighted by molar-refractivity contribution is -0.152. The summed E-state index contributed by atoms with van der Waals surface area (Å²) in [6.45, 7) is 4.57. The van der Waals surface area contributed by atoms with Gasteiger partial charge in [0.1, 0.15) is 0 Å². The molecule has 0 aromatic heterocycles. The first-order valence-corrected chi connectivity index (χ1v) is 6.63. The van der Waals surface area contributed by atoms with Crippen molar-refractivity contribution in [1.29, 1.82) is 0 Å². The van der Waals surface area contributed by atoms with E-state index in [1.807, 2.05) is 6.92 Å². The molecule has 3 N–H and O–H groups in total. The van der Waals surface area contributed by atoms with Crippen LogP contribution >= 0.6 is 0 Å². The Morgan fingerprint density at radius 3 is 2.42 bits per heavy atom. The topological polar surface area (TPSA) is 95.7 Å². The van der Waals surface area contributed by atoms with Crippen LogP contribution in [-0.4, -0.2) is 66.8 Å². The molecule has 3 amide bonds. The first kappa shape index (κ1) is 15.4. The third-order valence-corrected chi connectivity index (χ3v) is 3.00. The number of carbonyl (C=O) groups excluding carboxylic acids is 3. The Balaban J connectivity index is 2.62. The summed E-state index contributed by atoms with van der Waals surface area (Å²) in [4.78, 5) is 37.9. The Labute approximate surface area is 113 Å². The number of nitrogens with one attached hydrogen (secondary N) is 1. The van der Waals surface area contributed by atoms with Crippen molar-refractivity contribution < 1.29 is 14.4 Å². The van der Waals surface area contributed by atoms with E-state index in [4.69, 9.17) is 5.73 Å². The Bertz CT molecular complexity index is 340. The van der Waals surface area contributed by atoms with Gasteiger partial charge in [-0.1, -0.05) is 13.3 Å². The second-order valence-electron chi connectivity index (χ2n) is 4.59. The molecule has 0 atom stereocenters. The lowest BCUT2D eigenvalue weighted by Crippen LogP contribution is -2.53. The zero-order valence-corrected chi connectivity index (χ0v) is 11.4. The predicted octanol–water partition coefficient (Wildman–Crippen LogP) is -1.47. The molecule has 0 aromatic rings. The van der Waals surface area contributed by atoms with Crippen molar-refractivity contribution in [3.05, 3.63) is 0 Å². The van der Waals surface area contributed by atoms with Gasteiger partial charge in [0.15, 0.2) is 0 Å². The standard InChI is InChI=1S/C12H22N4O3/c1-2-3-6-16(9-10(13)17)12(19)11(18)15-7-4-14-5-8-15/h14H,2-9H2,1H3,(H2,13,17). The molecule has 0 aromatic carbocycles. The SMILES string of the molecule is CCCCN(CC(N)=O)C(=O)C(=O)N1CCNCC1. The minimum absolute atomic E-state index is 0.198. The lowest BCUT2D eigenvalue weighted by atomic mass is 10.2. The van der Waals surface area contributed by atoms with Crippen molar-refractivity contribution in [2.45, 2.75) is 19.8 Å². The monoisotopic (exact) mass is 270 g/mol. The fourth-order valence-electron chi connectivity index (χ4n) is 1.93. The first-order valence-electron chi connectivity index (χ1n) is 6.63. The van der Waals surface area contributed by atoms with E-state index in [2.05, 4.69) is 5.32 Å². The molecule has 1 fully saturated rings. The van der Waals surface area contributed by atoms with E-state index < -0.39 is 17.7 Å². The van der Waals surface area contributed by atoms with Gasteiger partial charge >= 0.3 is 11.8 Å². The van der Waals surface area contributed by atoms with Crippen molar-refractivity contribution in [2.75, 3.05) is 39.3 Å². The van der Waals surface area contributed by atoms with Crippen LogP contribution in [0.1, 0.15) is 19.8 Å². The highest BCUT2D eigenvalue weighted by Crippen LogP contribution is 2.01. The highest BCUT2D eigenvalue weighted by molar-refractivity contribution is 6.35. The summed E-state index contributed by atoms with van der Waals surface area (Å²) in [5.74, 6) is -1.77. The second kappa shape index (κ2) is 7.73. The van der Waals surface area contributed by atoms with Crippen LogP contribution in [0, 0.1) is 0 Å². The lowest BCUT2D eigenvalue weighted by Gasteiger charge is -2.29. The van der Waals surface area contributed by atoms with Crippen molar-refractivity contribution in [3.63, 3.8) is 0 Å². The van der Waals surface area contributed by atoms with Crippen LogP contribution < -0.4 is 11.1 Å². The second-order valence-corrected chi connectivity index (χ2v) is 4.59. The number of piperazine rings is 1. The van der Waals surface area contributed by atoms with E-state index in [1.165, 1.54) is 9.80 Å². The number of hydrogen-bond donors (Lipinski definition) is 2. The molecule has 0 aliphatic carbocycles. The zero-order valence-electron chi connectivity index (χ0n) is 11.4. The maximum absolute atomic E-state index is 12.1. The summed E-state index contributed by atoms with van der Waals surface area (Å²) in [6, 6.07) is 0. The number of carbonyl (C=O) groups is 3. The van der Waals surface area contributed by atoms with E-state index in [0.717, 1.165) is 12.8 Å². The molecule has 0 radical (unpaired) electrons. The van der Waals surface area contributed by atoms with Crippen LogP contribution in [0.5, 0.6) is 0 Å². The van der Waals surface area contributed by atoms with Gasteiger partial charge in [-0.05, 0) is 6.42 Å². The van der Waals surface area contributed by atoms with Crippen molar-refractivity contribution in [1.82, 2.24) is 15.1 Å². The molecule has 1 aliphatic rings. The molecule has 1 saturated heterocycles. The van der Waals surface area contributed by atoms with Gasteiger partial charge in [-0.2, -0.15) is 0 Å².